The predicted octanol–water partition coefficient (Wildman–Crippen LogP) is 3.01. The van der Waals surface area contributed by atoms with Crippen LogP contribution in [0.25, 0.3) is 0 Å². The number of anilines is 1. The summed E-state index contributed by atoms with van der Waals surface area (Å²) in [6, 6.07) is 8.15. The highest BCUT2D eigenvalue weighted by atomic mass is 16.2. The minimum absolute atomic E-state index is 0.0767. The summed E-state index contributed by atoms with van der Waals surface area (Å²) in [4.78, 5) is 29.7. The Hall–Kier alpha value is -1.88. The Kier molecular flexibility index (Phi) is 6.53. The molecule has 0 bridgehead atoms. The van der Waals surface area contributed by atoms with Crippen molar-refractivity contribution in [2.24, 2.45) is 11.8 Å². The van der Waals surface area contributed by atoms with E-state index in [9.17, 15) is 9.59 Å². The second kappa shape index (κ2) is 8.87. The van der Waals surface area contributed by atoms with Crippen LogP contribution in [0.1, 0.15) is 51.0 Å². The van der Waals surface area contributed by atoms with Crippen molar-refractivity contribution in [3.8, 4) is 0 Å². The van der Waals surface area contributed by atoms with Crippen molar-refractivity contribution in [2.45, 2.75) is 45.4 Å². The molecular formula is C22H33N3O2. The Morgan fingerprint density at radius 3 is 2.81 bits per heavy atom. The van der Waals surface area contributed by atoms with Crippen LogP contribution in [0, 0.1) is 11.8 Å². The van der Waals surface area contributed by atoms with Crippen LogP contribution in [0.2, 0.25) is 0 Å². The zero-order valence-corrected chi connectivity index (χ0v) is 16.9. The maximum Gasteiger partial charge on any atom is 0.228 e. The smallest absolute Gasteiger partial charge is 0.228 e. The second-order valence-electron chi connectivity index (χ2n) is 8.12. The topological polar surface area (TPSA) is 52.7 Å². The molecule has 3 atom stereocenters. The largest absolute Gasteiger partial charge is 0.342 e. The van der Waals surface area contributed by atoms with Crippen molar-refractivity contribution >= 4 is 17.5 Å². The van der Waals surface area contributed by atoms with Gasteiger partial charge in [-0.25, -0.2) is 0 Å². The van der Waals surface area contributed by atoms with E-state index in [0.717, 1.165) is 38.2 Å². The third kappa shape index (κ3) is 4.34. The van der Waals surface area contributed by atoms with Crippen molar-refractivity contribution in [3.05, 3.63) is 29.8 Å². The predicted molar refractivity (Wildman–Crippen MR) is 109 cm³/mol. The third-order valence-electron chi connectivity index (χ3n) is 6.17. The number of hydrogen-bond acceptors (Lipinski definition) is 3. The molecule has 1 N–H and O–H groups in total. The number of nitrogens with one attached hydrogen (secondary N) is 1. The second-order valence-corrected chi connectivity index (χ2v) is 8.12. The minimum Gasteiger partial charge on any atom is -0.342 e. The summed E-state index contributed by atoms with van der Waals surface area (Å²) in [7, 11) is 1.96. The molecule has 2 aliphatic rings. The fraction of sp³-hybridized carbons (Fsp3) is 0.636. The first-order valence-corrected chi connectivity index (χ1v) is 10.4. The molecule has 5 heteroatoms. The molecular weight excluding hydrogens is 338 g/mol. The third-order valence-corrected chi connectivity index (χ3v) is 6.17. The van der Waals surface area contributed by atoms with Crippen molar-refractivity contribution in [1.29, 1.82) is 0 Å². The van der Waals surface area contributed by atoms with E-state index < -0.39 is 0 Å². The van der Waals surface area contributed by atoms with E-state index in [2.05, 4.69) is 25.2 Å². The van der Waals surface area contributed by atoms with Gasteiger partial charge >= 0.3 is 0 Å². The summed E-state index contributed by atoms with van der Waals surface area (Å²) in [6.07, 6.45) is 3.59. The number of nitrogens with zero attached hydrogens (tertiary/aromatic N) is 2. The monoisotopic (exact) mass is 371 g/mol. The van der Waals surface area contributed by atoms with Gasteiger partial charge in [-0.15, -0.1) is 0 Å². The molecule has 0 spiro atoms. The molecule has 2 aliphatic heterocycles. The summed E-state index contributed by atoms with van der Waals surface area (Å²) < 4.78 is 0. The number of likely N-dealkylation sites (tertiary alicyclic amines) is 1. The molecule has 0 aliphatic carbocycles. The van der Waals surface area contributed by atoms with Crippen LogP contribution >= 0.6 is 0 Å². The van der Waals surface area contributed by atoms with Gasteiger partial charge < -0.3 is 15.1 Å². The Morgan fingerprint density at radius 1 is 1.30 bits per heavy atom. The van der Waals surface area contributed by atoms with Gasteiger partial charge in [-0.1, -0.05) is 32.0 Å². The van der Waals surface area contributed by atoms with Crippen molar-refractivity contribution in [1.82, 2.24) is 10.2 Å². The van der Waals surface area contributed by atoms with E-state index >= 15 is 0 Å². The molecule has 3 rings (SSSR count). The fourth-order valence-corrected chi connectivity index (χ4v) is 4.45. The highest BCUT2D eigenvalue weighted by Crippen LogP contribution is 2.34. The van der Waals surface area contributed by atoms with Gasteiger partial charge in [0, 0.05) is 31.7 Å². The Labute approximate surface area is 163 Å². The Morgan fingerprint density at radius 2 is 2.07 bits per heavy atom. The van der Waals surface area contributed by atoms with Gasteiger partial charge in [0.2, 0.25) is 11.8 Å². The molecule has 2 saturated heterocycles. The molecule has 3 unspecified atom stereocenters. The van der Waals surface area contributed by atoms with Crippen molar-refractivity contribution in [2.75, 3.05) is 38.1 Å². The lowest BCUT2D eigenvalue weighted by Gasteiger charge is -2.34. The van der Waals surface area contributed by atoms with E-state index in [1.54, 1.807) is 0 Å². The summed E-state index contributed by atoms with van der Waals surface area (Å²) in [5, 5.41) is 3.22. The average molecular weight is 372 g/mol. The molecule has 2 amide bonds. The van der Waals surface area contributed by atoms with Crippen LogP contribution in [-0.2, 0) is 9.59 Å². The molecule has 0 aromatic heterocycles. The number of carbonyl (C=O) groups excluding carboxylic acids is 2. The van der Waals surface area contributed by atoms with Gasteiger partial charge in [-0.3, -0.25) is 9.59 Å². The zero-order valence-electron chi connectivity index (χ0n) is 16.9. The van der Waals surface area contributed by atoms with Gasteiger partial charge in [0.1, 0.15) is 0 Å². The van der Waals surface area contributed by atoms with E-state index in [1.807, 2.05) is 35.0 Å². The molecule has 2 fully saturated rings. The van der Waals surface area contributed by atoms with E-state index in [-0.39, 0.29) is 17.7 Å². The van der Waals surface area contributed by atoms with Crippen LogP contribution in [-0.4, -0.2) is 49.9 Å². The Bertz CT molecular complexity index is 673. The van der Waals surface area contributed by atoms with Crippen LogP contribution in [0.15, 0.2) is 24.3 Å². The average Bonchev–Trinajstić information content (AvgIpc) is 3.08. The molecule has 1 aromatic rings. The molecule has 0 radical (unpaired) electrons. The quantitative estimate of drug-likeness (QED) is 0.836. The van der Waals surface area contributed by atoms with Gasteiger partial charge in [0.05, 0.1) is 5.92 Å². The Balaban J connectivity index is 1.71. The number of carbonyl (C=O) groups is 2. The first kappa shape index (κ1) is 19.9. The van der Waals surface area contributed by atoms with Crippen molar-refractivity contribution < 1.29 is 9.59 Å². The normalized spacial score (nSPS) is 24.3. The highest BCUT2D eigenvalue weighted by Gasteiger charge is 2.39. The summed E-state index contributed by atoms with van der Waals surface area (Å²) in [6.45, 7) is 7.45. The fourth-order valence-electron chi connectivity index (χ4n) is 4.45. The number of hydrogen-bond donors (Lipinski definition) is 1. The summed E-state index contributed by atoms with van der Waals surface area (Å²) in [5.41, 5.74) is 2.19. The number of rotatable bonds is 6. The maximum absolute atomic E-state index is 13.1. The number of para-hydroxylation sites is 1. The van der Waals surface area contributed by atoms with Crippen molar-refractivity contribution in [3.63, 3.8) is 0 Å². The lowest BCUT2D eigenvalue weighted by Crippen LogP contribution is -2.45. The van der Waals surface area contributed by atoms with Crippen LogP contribution in [0.3, 0.4) is 0 Å². The molecule has 5 nitrogen and oxygen atoms in total. The SMILES string of the molecule is CCC(C)c1ccccc1N1CC(C(=O)N2CCCC(CNC)C2)CC1=O. The number of piperidine rings is 1. The molecule has 1 aromatic carbocycles. The minimum atomic E-state index is -0.212. The molecule has 2 heterocycles. The first-order valence-electron chi connectivity index (χ1n) is 10.4. The van der Waals surface area contributed by atoms with Gasteiger partial charge in [0.25, 0.3) is 0 Å². The molecule has 27 heavy (non-hydrogen) atoms. The zero-order chi connectivity index (χ0) is 19.4. The van der Waals surface area contributed by atoms with Gasteiger partial charge in [-0.05, 0) is 56.3 Å². The number of amides is 2. The summed E-state index contributed by atoms with van der Waals surface area (Å²) >= 11 is 0. The highest BCUT2D eigenvalue weighted by molar-refractivity contribution is 6.00. The molecule has 148 valence electrons. The van der Waals surface area contributed by atoms with E-state index in [4.69, 9.17) is 0 Å². The van der Waals surface area contributed by atoms with Gasteiger partial charge in [-0.2, -0.15) is 0 Å². The van der Waals surface area contributed by atoms with E-state index in [1.165, 1.54) is 12.0 Å². The molecule has 0 saturated carbocycles. The first-order chi connectivity index (χ1) is 13.0. The lowest BCUT2D eigenvalue weighted by molar-refractivity contribution is -0.137. The number of benzene rings is 1. The van der Waals surface area contributed by atoms with Crippen LogP contribution in [0.4, 0.5) is 5.69 Å². The maximum atomic E-state index is 13.1. The van der Waals surface area contributed by atoms with Gasteiger partial charge in [0.15, 0.2) is 0 Å². The van der Waals surface area contributed by atoms with Crippen LogP contribution < -0.4 is 10.2 Å². The summed E-state index contributed by atoms with van der Waals surface area (Å²) in [5.74, 6) is 0.941. The van der Waals surface area contributed by atoms with Crippen LogP contribution in [0.5, 0.6) is 0 Å². The van der Waals surface area contributed by atoms with E-state index in [0.29, 0.717) is 24.8 Å². The standard InChI is InChI=1S/C22H33N3O2/c1-4-16(2)19-9-5-6-10-20(19)25-15-18(12-21(25)26)22(27)24-11-7-8-17(14-24)13-23-3/h5-6,9-10,16-18,23H,4,7-8,11-15H2,1-3H3. The lowest BCUT2D eigenvalue weighted by atomic mass is 9.96.